The molecular formula is C12H14F2O4. The van der Waals surface area contributed by atoms with E-state index in [1.54, 1.807) is 6.92 Å². The number of halogens is 2. The fourth-order valence-corrected chi connectivity index (χ4v) is 1.45. The Morgan fingerprint density at radius 2 is 2.06 bits per heavy atom. The molecule has 4 nitrogen and oxygen atoms in total. The highest BCUT2D eigenvalue weighted by atomic mass is 19.3. The Morgan fingerprint density at radius 3 is 2.61 bits per heavy atom. The molecule has 1 N–H and O–H groups in total. The van der Waals surface area contributed by atoms with Gasteiger partial charge in [-0.1, -0.05) is 18.2 Å². The van der Waals surface area contributed by atoms with Crippen molar-refractivity contribution in [2.75, 3.05) is 6.61 Å². The van der Waals surface area contributed by atoms with E-state index in [2.05, 4.69) is 9.47 Å². The number of rotatable bonds is 5. The molecule has 0 bridgehead atoms. The highest BCUT2D eigenvalue weighted by Gasteiger charge is 2.37. The third kappa shape index (κ3) is 3.16. The minimum absolute atomic E-state index is 0.0660. The third-order valence-electron chi connectivity index (χ3n) is 2.30. The molecule has 0 aliphatic heterocycles. The van der Waals surface area contributed by atoms with E-state index in [0.717, 1.165) is 0 Å². The van der Waals surface area contributed by atoms with Crippen LogP contribution in [-0.4, -0.2) is 24.3 Å². The fourth-order valence-electron chi connectivity index (χ4n) is 1.45. The Labute approximate surface area is 103 Å². The van der Waals surface area contributed by atoms with E-state index in [1.165, 1.54) is 31.2 Å². The lowest BCUT2D eigenvalue weighted by Crippen LogP contribution is -2.34. The maximum absolute atomic E-state index is 12.2. The fraction of sp³-hybridized carbons (Fsp3) is 0.417. The molecule has 0 saturated carbocycles. The zero-order chi connectivity index (χ0) is 13.8. The van der Waals surface area contributed by atoms with Crippen molar-refractivity contribution in [2.45, 2.75) is 26.1 Å². The van der Waals surface area contributed by atoms with E-state index in [4.69, 9.17) is 0 Å². The molecule has 1 atom stereocenters. The van der Waals surface area contributed by atoms with Gasteiger partial charge < -0.3 is 14.6 Å². The van der Waals surface area contributed by atoms with Crippen molar-refractivity contribution in [3.8, 4) is 5.75 Å². The van der Waals surface area contributed by atoms with Gasteiger partial charge in [0.2, 0.25) is 0 Å². The smallest absolute Gasteiger partial charge is 0.387 e. The van der Waals surface area contributed by atoms with Gasteiger partial charge in [0.05, 0.1) is 6.61 Å². The summed E-state index contributed by atoms with van der Waals surface area (Å²) in [4.78, 5) is 11.6. The van der Waals surface area contributed by atoms with Crippen molar-refractivity contribution in [3.05, 3.63) is 29.8 Å². The van der Waals surface area contributed by atoms with Gasteiger partial charge in [0.15, 0.2) is 5.60 Å². The number of ether oxygens (including phenoxy) is 2. The Balaban J connectivity index is 3.10. The molecular weight excluding hydrogens is 246 g/mol. The summed E-state index contributed by atoms with van der Waals surface area (Å²) in [6.45, 7) is -0.217. The standard InChI is InChI=1S/C12H14F2O4/c1-3-17-10(15)12(2,16)8-6-4-5-7-9(8)18-11(13)14/h4-7,11,16H,3H2,1-2H3. The van der Waals surface area contributed by atoms with Gasteiger partial charge in [0.1, 0.15) is 5.75 Å². The Bertz CT molecular complexity index is 418. The monoisotopic (exact) mass is 260 g/mol. The highest BCUT2D eigenvalue weighted by Crippen LogP contribution is 2.31. The number of hydrogen-bond donors (Lipinski definition) is 1. The third-order valence-corrected chi connectivity index (χ3v) is 2.30. The first-order valence-electron chi connectivity index (χ1n) is 5.33. The molecule has 0 aromatic heterocycles. The number of hydrogen-bond acceptors (Lipinski definition) is 4. The van der Waals surface area contributed by atoms with Gasteiger partial charge in [-0.15, -0.1) is 0 Å². The highest BCUT2D eigenvalue weighted by molar-refractivity contribution is 5.81. The van der Waals surface area contributed by atoms with Crippen LogP contribution >= 0.6 is 0 Å². The number of aliphatic hydroxyl groups is 1. The largest absolute Gasteiger partial charge is 0.464 e. The first-order chi connectivity index (χ1) is 8.39. The van der Waals surface area contributed by atoms with Crippen molar-refractivity contribution in [2.24, 2.45) is 0 Å². The summed E-state index contributed by atoms with van der Waals surface area (Å²) in [6, 6.07) is 5.54. The predicted molar refractivity (Wildman–Crippen MR) is 59.3 cm³/mol. The quantitative estimate of drug-likeness (QED) is 0.823. The van der Waals surface area contributed by atoms with Crippen LogP contribution in [0.25, 0.3) is 0 Å². The molecule has 1 rings (SSSR count). The normalized spacial score (nSPS) is 14.1. The average Bonchev–Trinajstić information content (AvgIpc) is 2.29. The summed E-state index contributed by atoms with van der Waals surface area (Å²) in [5.41, 5.74) is -2.11. The molecule has 0 aliphatic rings. The zero-order valence-electron chi connectivity index (χ0n) is 10.0. The molecule has 1 aromatic rings. The average molecular weight is 260 g/mol. The van der Waals surface area contributed by atoms with Gasteiger partial charge in [-0.05, 0) is 19.9 Å². The minimum Gasteiger partial charge on any atom is -0.464 e. The molecule has 1 unspecified atom stereocenters. The lowest BCUT2D eigenvalue weighted by Gasteiger charge is -2.23. The maximum Gasteiger partial charge on any atom is 0.387 e. The van der Waals surface area contributed by atoms with E-state index in [-0.39, 0.29) is 17.9 Å². The minimum atomic E-state index is -3.04. The van der Waals surface area contributed by atoms with Gasteiger partial charge in [-0.2, -0.15) is 8.78 Å². The number of esters is 1. The van der Waals surface area contributed by atoms with Crippen molar-refractivity contribution < 1.29 is 28.2 Å². The summed E-state index contributed by atoms with van der Waals surface area (Å²) in [5, 5.41) is 10.1. The lowest BCUT2D eigenvalue weighted by atomic mass is 9.95. The Morgan fingerprint density at radius 1 is 1.44 bits per heavy atom. The number of carbonyl (C=O) groups is 1. The second-order valence-electron chi connectivity index (χ2n) is 3.67. The summed E-state index contributed by atoms with van der Waals surface area (Å²) in [7, 11) is 0. The van der Waals surface area contributed by atoms with Crippen molar-refractivity contribution in [3.63, 3.8) is 0 Å². The van der Waals surface area contributed by atoms with Gasteiger partial charge in [0, 0.05) is 5.56 Å². The number of carbonyl (C=O) groups excluding carboxylic acids is 1. The molecule has 1 aromatic carbocycles. The number of benzene rings is 1. The predicted octanol–water partition coefficient (Wildman–Crippen LogP) is 2.06. The molecule has 0 spiro atoms. The summed E-state index contributed by atoms with van der Waals surface area (Å²) >= 11 is 0. The van der Waals surface area contributed by atoms with E-state index in [0.29, 0.717) is 0 Å². The van der Waals surface area contributed by atoms with Crippen LogP contribution in [0.15, 0.2) is 24.3 Å². The van der Waals surface area contributed by atoms with Crippen molar-refractivity contribution in [1.82, 2.24) is 0 Å². The van der Waals surface area contributed by atoms with Gasteiger partial charge in [-0.25, -0.2) is 4.79 Å². The lowest BCUT2D eigenvalue weighted by molar-refractivity contribution is -0.164. The maximum atomic E-state index is 12.2. The molecule has 0 saturated heterocycles. The Hall–Kier alpha value is -1.69. The first kappa shape index (κ1) is 14.4. The van der Waals surface area contributed by atoms with Crippen LogP contribution in [0.1, 0.15) is 19.4 Å². The second-order valence-corrected chi connectivity index (χ2v) is 3.67. The Kier molecular flexibility index (Phi) is 4.61. The van der Waals surface area contributed by atoms with E-state index in [9.17, 15) is 18.7 Å². The van der Waals surface area contributed by atoms with E-state index in [1.807, 2.05) is 0 Å². The number of alkyl halides is 2. The van der Waals surface area contributed by atoms with E-state index < -0.39 is 18.2 Å². The molecule has 0 aliphatic carbocycles. The summed E-state index contributed by atoms with van der Waals surface area (Å²) in [5.74, 6) is -1.18. The second kappa shape index (κ2) is 5.77. The van der Waals surface area contributed by atoms with Gasteiger partial charge in [0.25, 0.3) is 0 Å². The van der Waals surface area contributed by atoms with Crippen LogP contribution in [0.3, 0.4) is 0 Å². The topological polar surface area (TPSA) is 55.8 Å². The van der Waals surface area contributed by atoms with Crippen LogP contribution in [0.5, 0.6) is 5.75 Å². The zero-order valence-corrected chi connectivity index (χ0v) is 10.0. The van der Waals surface area contributed by atoms with Gasteiger partial charge in [-0.3, -0.25) is 0 Å². The SMILES string of the molecule is CCOC(=O)C(C)(O)c1ccccc1OC(F)F. The van der Waals surface area contributed by atoms with Crippen LogP contribution in [-0.2, 0) is 15.1 Å². The first-order valence-corrected chi connectivity index (χ1v) is 5.33. The number of para-hydroxylation sites is 1. The van der Waals surface area contributed by atoms with Crippen LogP contribution in [0.4, 0.5) is 8.78 Å². The molecule has 18 heavy (non-hydrogen) atoms. The molecule has 0 amide bonds. The van der Waals surface area contributed by atoms with Crippen LogP contribution in [0, 0.1) is 0 Å². The summed E-state index contributed by atoms with van der Waals surface area (Å²) < 4.78 is 33.4. The summed E-state index contributed by atoms with van der Waals surface area (Å²) in [6.07, 6.45) is 0. The van der Waals surface area contributed by atoms with Crippen LogP contribution < -0.4 is 4.74 Å². The van der Waals surface area contributed by atoms with Gasteiger partial charge >= 0.3 is 12.6 Å². The molecule has 100 valence electrons. The molecule has 6 heteroatoms. The van der Waals surface area contributed by atoms with Crippen molar-refractivity contribution >= 4 is 5.97 Å². The molecule has 0 fully saturated rings. The van der Waals surface area contributed by atoms with E-state index >= 15 is 0 Å². The molecule has 0 radical (unpaired) electrons. The van der Waals surface area contributed by atoms with Crippen molar-refractivity contribution in [1.29, 1.82) is 0 Å². The van der Waals surface area contributed by atoms with Crippen LogP contribution in [0.2, 0.25) is 0 Å². The molecule has 0 heterocycles.